The average molecular weight is 387 g/mol. The molecule has 0 atom stereocenters. The molecule has 1 amide bonds. The lowest BCUT2D eigenvalue weighted by molar-refractivity contribution is -0.142. The fraction of sp³-hybridized carbons (Fsp3) is 0.353. The highest BCUT2D eigenvalue weighted by Gasteiger charge is 2.47. The molecule has 1 fully saturated rings. The first-order chi connectivity index (χ1) is 12.6. The molecule has 0 N–H and O–H groups in total. The van der Waals surface area contributed by atoms with Crippen molar-refractivity contribution in [1.82, 2.24) is 24.6 Å². The second kappa shape index (κ2) is 6.34. The van der Waals surface area contributed by atoms with Crippen LogP contribution in [0.3, 0.4) is 0 Å². The lowest BCUT2D eigenvalue weighted by atomic mass is 9.86. The number of amides is 1. The van der Waals surface area contributed by atoms with Crippen molar-refractivity contribution in [2.24, 2.45) is 0 Å². The van der Waals surface area contributed by atoms with Gasteiger partial charge in [-0.25, -0.2) is 9.97 Å². The van der Waals surface area contributed by atoms with Crippen molar-refractivity contribution < 1.29 is 4.79 Å². The summed E-state index contributed by atoms with van der Waals surface area (Å²) in [5.74, 6) is 0.0915. The first-order valence-electron chi connectivity index (χ1n) is 8.17. The highest BCUT2D eigenvalue weighted by Crippen LogP contribution is 2.35. The van der Waals surface area contributed by atoms with E-state index in [1.807, 2.05) is 24.6 Å². The van der Waals surface area contributed by atoms with Crippen LogP contribution in [-0.2, 0) is 10.3 Å². The zero-order valence-electron chi connectivity index (χ0n) is 14.0. The lowest BCUT2D eigenvalue weighted by Gasteiger charge is -2.49. The Hall–Kier alpha value is -2.50. The Morgan fingerprint density at radius 3 is 3.00 bits per heavy atom. The molecule has 0 saturated carbocycles. The molecule has 132 valence electrons. The molecule has 3 aromatic rings. The van der Waals surface area contributed by atoms with Crippen molar-refractivity contribution in [2.45, 2.75) is 25.3 Å². The van der Waals surface area contributed by atoms with Crippen molar-refractivity contribution in [3.8, 4) is 17.3 Å². The topological polar surface area (TPSA) is 87.7 Å². The normalized spacial score (nSPS) is 15.7. The molecule has 26 heavy (non-hydrogen) atoms. The minimum atomic E-state index is -0.483. The van der Waals surface area contributed by atoms with Crippen LogP contribution in [-0.4, -0.2) is 43.6 Å². The molecule has 1 aliphatic heterocycles. The van der Waals surface area contributed by atoms with Crippen LogP contribution in [0.4, 0.5) is 0 Å². The van der Waals surface area contributed by atoms with Crippen LogP contribution in [0.1, 0.15) is 19.8 Å². The van der Waals surface area contributed by atoms with Gasteiger partial charge in [0, 0.05) is 31.3 Å². The Labute approximate surface area is 158 Å². The van der Waals surface area contributed by atoms with E-state index in [-0.39, 0.29) is 11.2 Å². The number of likely N-dealkylation sites (tertiary alicyclic amines) is 1. The Morgan fingerprint density at radius 2 is 2.27 bits per heavy atom. The van der Waals surface area contributed by atoms with Gasteiger partial charge in [0.05, 0.1) is 34.6 Å². The number of aromatic nitrogens is 4. The summed E-state index contributed by atoms with van der Waals surface area (Å²) in [5.41, 5.74) is 1.87. The molecule has 0 unspecified atom stereocenters. The molecule has 9 heteroatoms. The van der Waals surface area contributed by atoms with E-state index in [1.165, 1.54) is 0 Å². The van der Waals surface area contributed by atoms with Gasteiger partial charge in [-0.15, -0.1) is 11.3 Å². The Bertz CT molecular complexity index is 1030. The van der Waals surface area contributed by atoms with E-state index in [0.29, 0.717) is 25.9 Å². The van der Waals surface area contributed by atoms with Crippen LogP contribution in [0, 0.1) is 11.3 Å². The summed E-state index contributed by atoms with van der Waals surface area (Å²) in [6.45, 7) is 2.82. The molecule has 0 aromatic carbocycles. The highest BCUT2D eigenvalue weighted by molar-refractivity contribution is 7.17. The van der Waals surface area contributed by atoms with Crippen molar-refractivity contribution in [1.29, 1.82) is 5.26 Å². The van der Waals surface area contributed by atoms with E-state index < -0.39 is 5.54 Å². The summed E-state index contributed by atoms with van der Waals surface area (Å²) in [5, 5.41) is 15.9. The molecule has 4 heterocycles. The molecule has 0 radical (unpaired) electrons. The minimum absolute atomic E-state index is 0.0915. The van der Waals surface area contributed by atoms with Crippen molar-refractivity contribution in [3.63, 3.8) is 0 Å². The predicted octanol–water partition coefficient (Wildman–Crippen LogP) is 3.07. The zero-order valence-corrected chi connectivity index (χ0v) is 15.6. The smallest absolute Gasteiger partial charge is 0.223 e. The van der Waals surface area contributed by atoms with Gasteiger partial charge in [0.15, 0.2) is 0 Å². The summed E-state index contributed by atoms with van der Waals surface area (Å²) < 4.78 is 2.74. The maximum atomic E-state index is 11.9. The van der Waals surface area contributed by atoms with E-state index in [4.69, 9.17) is 11.6 Å². The van der Waals surface area contributed by atoms with Crippen molar-refractivity contribution in [2.75, 3.05) is 13.1 Å². The van der Waals surface area contributed by atoms with Gasteiger partial charge in [-0.1, -0.05) is 6.92 Å². The van der Waals surface area contributed by atoms with E-state index in [0.717, 1.165) is 21.5 Å². The number of hydrogen-bond donors (Lipinski definition) is 0. The van der Waals surface area contributed by atoms with Gasteiger partial charge in [-0.3, -0.25) is 9.48 Å². The maximum absolute atomic E-state index is 11.9. The summed E-state index contributed by atoms with van der Waals surface area (Å²) in [6, 6.07) is 4.13. The first kappa shape index (κ1) is 16.9. The van der Waals surface area contributed by atoms with E-state index in [1.54, 1.807) is 27.1 Å². The molecule has 1 aliphatic rings. The minimum Gasteiger partial charge on any atom is -0.338 e. The number of rotatable bonds is 4. The Balaban J connectivity index is 1.70. The van der Waals surface area contributed by atoms with Crippen LogP contribution in [0.25, 0.3) is 21.5 Å². The standard InChI is InChI=1S/C17H15ClN6OS/c1-2-13(25)23-9-17(10-23,4-5-19)24-8-11(7-20-24)14-15-12(3-6-26-15)21-16(18)22-14/h3,6-8H,2,4,9-10H2,1H3. The molecule has 0 aliphatic carbocycles. The number of halogens is 1. The number of hydrogen-bond acceptors (Lipinski definition) is 6. The lowest BCUT2D eigenvalue weighted by Crippen LogP contribution is -2.64. The third-order valence-electron chi connectivity index (χ3n) is 4.65. The van der Waals surface area contributed by atoms with Gasteiger partial charge in [0.2, 0.25) is 11.2 Å². The highest BCUT2D eigenvalue weighted by atomic mass is 35.5. The summed E-state index contributed by atoms with van der Waals surface area (Å²) in [4.78, 5) is 22.2. The fourth-order valence-corrected chi connectivity index (χ4v) is 4.30. The predicted molar refractivity (Wildman–Crippen MR) is 98.7 cm³/mol. The molecule has 4 rings (SSSR count). The fourth-order valence-electron chi connectivity index (χ4n) is 3.28. The summed E-state index contributed by atoms with van der Waals surface area (Å²) in [6.07, 6.45) is 4.35. The van der Waals surface area contributed by atoms with Crippen molar-refractivity contribution >= 4 is 39.1 Å². The number of carbonyl (C=O) groups is 1. The summed E-state index contributed by atoms with van der Waals surface area (Å²) >= 11 is 7.60. The molecular weight excluding hydrogens is 372 g/mol. The zero-order chi connectivity index (χ0) is 18.3. The number of fused-ring (bicyclic) bond motifs is 1. The Morgan fingerprint density at radius 1 is 1.46 bits per heavy atom. The maximum Gasteiger partial charge on any atom is 0.223 e. The third kappa shape index (κ3) is 2.64. The van der Waals surface area contributed by atoms with Crippen LogP contribution < -0.4 is 0 Å². The number of thiophene rings is 1. The molecule has 7 nitrogen and oxygen atoms in total. The van der Waals surface area contributed by atoms with Gasteiger partial charge in [0.25, 0.3) is 0 Å². The van der Waals surface area contributed by atoms with E-state index in [2.05, 4.69) is 21.1 Å². The molecule has 1 saturated heterocycles. The van der Waals surface area contributed by atoms with Crippen molar-refractivity contribution in [3.05, 3.63) is 29.1 Å². The van der Waals surface area contributed by atoms with Crippen LogP contribution >= 0.6 is 22.9 Å². The SMILES string of the molecule is CCC(=O)N1CC(CC#N)(n2cc(-c3nc(Cl)nc4ccsc34)cn2)C1. The van der Waals surface area contributed by atoms with Gasteiger partial charge in [-0.2, -0.15) is 10.4 Å². The molecule has 0 bridgehead atoms. The quantitative estimate of drug-likeness (QED) is 0.643. The monoisotopic (exact) mass is 386 g/mol. The third-order valence-corrected chi connectivity index (χ3v) is 5.73. The van der Waals surface area contributed by atoms with Gasteiger partial charge in [0.1, 0.15) is 5.54 Å². The number of nitriles is 1. The van der Waals surface area contributed by atoms with Gasteiger partial charge in [-0.05, 0) is 23.0 Å². The number of carbonyl (C=O) groups excluding carboxylic acids is 1. The van der Waals surface area contributed by atoms with Crippen LogP contribution in [0.15, 0.2) is 23.8 Å². The van der Waals surface area contributed by atoms with Crippen LogP contribution in [0.2, 0.25) is 5.28 Å². The largest absolute Gasteiger partial charge is 0.338 e. The summed E-state index contributed by atoms with van der Waals surface area (Å²) in [7, 11) is 0. The van der Waals surface area contributed by atoms with Crippen LogP contribution in [0.5, 0.6) is 0 Å². The molecule has 0 spiro atoms. The molecular formula is C17H15ClN6OS. The van der Waals surface area contributed by atoms with E-state index >= 15 is 0 Å². The van der Waals surface area contributed by atoms with Gasteiger partial charge >= 0.3 is 0 Å². The Kier molecular flexibility index (Phi) is 4.13. The second-order valence-corrected chi connectivity index (χ2v) is 7.57. The van der Waals surface area contributed by atoms with E-state index in [9.17, 15) is 10.1 Å². The molecule has 3 aromatic heterocycles. The van der Waals surface area contributed by atoms with Gasteiger partial charge < -0.3 is 4.90 Å². The second-order valence-electron chi connectivity index (χ2n) is 6.31. The first-order valence-corrected chi connectivity index (χ1v) is 9.43. The number of nitrogens with zero attached hydrogens (tertiary/aromatic N) is 6. The average Bonchev–Trinajstić information content (AvgIpc) is 3.25.